The summed E-state index contributed by atoms with van der Waals surface area (Å²) < 4.78 is 18.0. The van der Waals surface area contributed by atoms with Crippen molar-refractivity contribution in [3.8, 4) is 5.75 Å². The van der Waals surface area contributed by atoms with Crippen LogP contribution in [0.1, 0.15) is 33.3 Å². The fourth-order valence-corrected chi connectivity index (χ4v) is 2.93. The lowest BCUT2D eigenvalue weighted by Crippen LogP contribution is -2.41. The zero-order chi connectivity index (χ0) is 18.1. The van der Waals surface area contributed by atoms with Crippen molar-refractivity contribution in [2.24, 2.45) is 0 Å². The molecule has 1 fully saturated rings. The van der Waals surface area contributed by atoms with Crippen molar-refractivity contribution < 1.29 is 14.0 Å². The van der Waals surface area contributed by atoms with E-state index in [1.165, 1.54) is 5.56 Å². The molecule has 0 radical (unpaired) electrons. The number of hydrogen-bond acceptors (Lipinski definition) is 3. The molecule has 2 aromatic rings. The predicted octanol–water partition coefficient (Wildman–Crippen LogP) is 4.26. The third-order valence-corrected chi connectivity index (χ3v) is 5.27. The van der Waals surface area contributed by atoms with Gasteiger partial charge in [-0.1, -0.05) is 48.0 Å². The number of rotatable bonds is 5. The molecule has 1 saturated heterocycles. The van der Waals surface area contributed by atoms with Gasteiger partial charge in [0, 0.05) is 6.42 Å². The molecule has 1 aliphatic rings. The van der Waals surface area contributed by atoms with Crippen LogP contribution in [0, 0.1) is 0 Å². The van der Waals surface area contributed by atoms with E-state index in [1.807, 2.05) is 64.1 Å². The maximum Gasteiger partial charge on any atom is 0.494 e. The molecule has 0 unspecified atom stereocenters. The van der Waals surface area contributed by atoms with Gasteiger partial charge in [0.1, 0.15) is 5.75 Å². The number of hydrogen-bond donors (Lipinski definition) is 0. The molecule has 0 spiro atoms. The van der Waals surface area contributed by atoms with Crippen molar-refractivity contribution in [1.82, 2.24) is 0 Å². The normalized spacial score (nSPS) is 18.4. The summed E-state index contributed by atoms with van der Waals surface area (Å²) in [4.78, 5) is 0. The van der Waals surface area contributed by atoms with Gasteiger partial charge in [0.2, 0.25) is 0 Å². The van der Waals surface area contributed by atoms with Crippen LogP contribution in [0.4, 0.5) is 0 Å². The average Bonchev–Trinajstić information content (AvgIpc) is 2.78. The summed E-state index contributed by atoms with van der Waals surface area (Å²) >= 11 is 6.40. The smallest absolute Gasteiger partial charge is 0.492 e. The first-order valence-corrected chi connectivity index (χ1v) is 8.98. The lowest BCUT2D eigenvalue weighted by atomic mass is 9.79. The lowest BCUT2D eigenvalue weighted by Gasteiger charge is -2.32. The van der Waals surface area contributed by atoms with Crippen LogP contribution in [0.3, 0.4) is 0 Å². The Morgan fingerprint density at radius 1 is 0.960 bits per heavy atom. The van der Waals surface area contributed by atoms with Gasteiger partial charge in [-0.05, 0) is 50.9 Å². The monoisotopic (exact) mass is 358 g/mol. The van der Waals surface area contributed by atoms with E-state index in [0.29, 0.717) is 17.4 Å². The topological polar surface area (TPSA) is 27.7 Å². The van der Waals surface area contributed by atoms with Gasteiger partial charge in [-0.25, -0.2) is 0 Å². The van der Waals surface area contributed by atoms with Crippen molar-refractivity contribution in [2.75, 3.05) is 6.61 Å². The van der Waals surface area contributed by atoms with Crippen LogP contribution in [0.2, 0.25) is 5.02 Å². The first-order valence-electron chi connectivity index (χ1n) is 8.60. The van der Waals surface area contributed by atoms with E-state index in [0.717, 1.165) is 11.9 Å². The largest absolute Gasteiger partial charge is 0.494 e. The van der Waals surface area contributed by atoms with Crippen molar-refractivity contribution in [3.05, 3.63) is 59.1 Å². The highest BCUT2D eigenvalue weighted by Gasteiger charge is 2.51. The molecule has 0 aliphatic carbocycles. The average molecular weight is 359 g/mol. The van der Waals surface area contributed by atoms with Gasteiger partial charge in [-0.2, -0.15) is 0 Å². The fraction of sp³-hybridized carbons (Fsp3) is 0.400. The van der Waals surface area contributed by atoms with Gasteiger partial charge in [0.25, 0.3) is 0 Å². The summed E-state index contributed by atoms with van der Waals surface area (Å²) in [6.45, 7) is 8.73. The minimum absolute atomic E-state index is 0.366. The Balaban J connectivity index is 1.63. The van der Waals surface area contributed by atoms with E-state index in [9.17, 15) is 0 Å². The molecule has 0 amide bonds. The Kier molecular flexibility index (Phi) is 5.15. The van der Waals surface area contributed by atoms with Crippen LogP contribution in [0.5, 0.6) is 5.75 Å². The standard InChI is InChI=1S/C20H24BClO3/c1-19(2)20(3,4)25-21(24-19)16-10-11-18(17(22)14-16)23-13-12-15-8-6-5-7-9-15/h5-11,14H,12-13H2,1-4H3. The van der Waals surface area contributed by atoms with Crippen LogP contribution in [0.15, 0.2) is 48.5 Å². The number of benzene rings is 2. The summed E-state index contributed by atoms with van der Waals surface area (Å²) in [5.41, 5.74) is 1.41. The molecule has 3 rings (SSSR count). The highest BCUT2D eigenvalue weighted by Crippen LogP contribution is 2.37. The molecule has 0 bridgehead atoms. The summed E-state index contributed by atoms with van der Waals surface area (Å²) in [6, 6.07) is 15.9. The van der Waals surface area contributed by atoms with Crippen molar-refractivity contribution >= 4 is 24.2 Å². The summed E-state index contributed by atoms with van der Waals surface area (Å²) in [6.07, 6.45) is 0.843. The van der Waals surface area contributed by atoms with E-state index in [2.05, 4.69) is 12.1 Å². The van der Waals surface area contributed by atoms with Crippen LogP contribution < -0.4 is 10.2 Å². The minimum atomic E-state index is -0.416. The third-order valence-electron chi connectivity index (χ3n) is 4.97. The molecule has 1 heterocycles. The van der Waals surface area contributed by atoms with Gasteiger partial charge in [-0.3, -0.25) is 0 Å². The maximum absolute atomic E-state index is 6.40. The number of halogens is 1. The molecule has 132 valence electrons. The van der Waals surface area contributed by atoms with E-state index in [-0.39, 0.29) is 11.2 Å². The van der Waals surface area contributed by atoms with Gasteiger partial charge in [-0.15, -0.1) is 0 Å². The molecule has 0 aromatic heterocycles. The van der Waals surface area contributed by atoms with Crippen molar-refractivity contribution in [3.63, 3.8) is 0 Å². The first-order chi connectivity index (χ1) is 11.8. The quantitative estimate of drug-likeness (QED) is 0.747. The zero-order valence-electron chi connectivity index (χ0n) is 15.2. The van der Waals surface area contributed by atoms with E-state index in [1.54, 1.807) is 0 Å². The second-order valence-corrected chi connectivity index (χ2v) is 7.77. The molecular weight excluding hydrogens is 334 g/mol. The van der Waals surface area contributed by atoms with E-state index in [4.69, 9.17) is 25.6 Å². The third kappa shape index (κ3) is 4.03. The van der Waals surface area contributed by atoms with Crippen molar-refractivity contribution in [2.45, 2.75) is 45.3 Å². The Hall–Kier alpha value is -1.49. The van der Waals surface area contributed by atoms with Crippen LogP contribution >= 0.6 is 11.6 Å². The molecule has 3 nitrogen and oxygen atoms in total. The van der Waals surface area contributed by atoms with E-state index >= 15 is 0 Å². The van der Waals surface area contributed by atoms with Crippen LogP contribution in [-0.2, 0) is 15.7 Å². The van der Waals surface area contributed by atoms with Gasteiger partial charge in [0.05, 0.1) is 22.8 Å². The molecule has 2 aromatic carbocycles. The highest BCUT2D eigenvalue weighted by atomic mass is 35.5. The predicted molar refractivity (Wildman–Crippen MR) is 103 cm³/mol. The molecular formula is C20H24BClO3. The Morgan fingerprint density at radius 2 is 1.60 bits per heavy atom. The van der Waals surface area contributed by atoms with Crippen molar-refractivity contribution in [1.29, 1.82) is 0 Å². The molecule has 5 heteroatoms. The Labute approximate surface area is 155 Å². The molecule has 25 heavy (non-hydrogen) atoms. The SMILES string of the molecule is CC1(C)OB(c2ccc(OCCc3ccccc3)c(Cl)c2)OC1(C)C. The fourth-order valence-electron chi connectivity index (χ4n) is 2.68. The van der Waals surface area contributed by atoms with E-state index < -0.39 is 7.12 Å². The highest BCUT2D eigenvalue weighted by molar-refractivity contribution is 6.62. The second-order valence-electron chi connectivity index (χ2n) is 7.36. The van der Waals surface area contributed by atoms with Gasteiger partial charge >= 0.3 is 7.12 Å². The summed E-state index contributed by atoms with van der Waals surface area (Å²) in [7, 11) is -0.416. The van der Waals surface area contributed by atoms with Gasteiger partial charge in [0.15, 0.2) is 0 Å². The van der Waals surface area contributed by atoms with Gasteiger partial charge < -0.3 is 14.0 Å². The summed E-state index contributed by atoms with van der Waals surface area (Å²) in [5.74, 6) is 0.679. The molecule has 0 atom stereocenters. The second kappa shape index (κ2) is 7.03. The minimum Gasteiger partial charge on any atom is -0.492 e. The van der Waals surface area contributed by atoms with Crippen LogP contribution in [-0.4, -0.2) is 24.9 Å². The maximum atomic E-state index is 6.40. The molecule has 0 saturated carbocycles. The van der Waals surface area contributed by atoms with Crippen LogP contribution in [0.25, 0.3) is 0 Å². The molecule has 0 N–H and O–H groups in total. The zero-order valence-corrected chi connectivity index (χ0v) is 16.0. The lowest BCUT2D eigenvalue weighted by molar-refractivity contribution is 0.00578. The molecule has 1 aliphatic heterocycles. The first kappa shape index (κ1) is 18.3. The Morgan fingerprint density at radius 3 is 2.20 bits per heavy atom. The Bertz CT molecular complexity index is 715. The summed E-state index contributed by atoms with van der Waals surface area (Å²) in [5, 5.41) is 0.570. The number of ether oxygens (including phenoxy) is 1.